The van der Waals surface area contributed by atoms with E-state index in [9.17, 15) is 26.4 Å². The quantitative estimate of drug-likeness (QED) is 0.577. The van der Waals surface area contributed by atoms with E-state index in [1.807, 2.05) is 0 Å². The third-order valence-electron chi connectivity index (χ3n) is 3.98. The van der Waals surface area contributed by atoms with E-state index in [-0.39, 0.29) is 28.7 Å². The predicted molar refractivity (Wildman–Crippen MR) is 102 cm³/mol. The van der Waals surface area contributed by atoms with Gasteiger partial charge in [-0.05, 0) is 37.3 Å². The van der Waals surface area contributed by atoms with Gasteiger partial charge in [0.2, 0.25) is 0 Å². The van der Waals surface area contributed by atoms with E-state index in [0.717, 1.165) is 24.3 Å². The molecule has 2 rings (SSSR count). The average molecular weight is 447 g/mol. The molecule has 2 aromatic rings. The number of nitrogens with zero attached hydrogens (tertiary/aromatic N) is 1. The summed E-state index contributed by atoms with van der Waals surface area (Å²) >= 11 is 0. The number of methoxy groups -OCH3 is 2. The number of halogens is 3. The van der Waals surface area contributed by atoms with Gasteiger partial charge in [0, 0.05) is 6.07 Å². The molecule has 11 heteroatoms. The zero-order chi connectivity index (χ0) is 22.5. The first-order valence-corrected chi connectivity index (χ1v) is 10.1. The van der Waals surface area contributed by atoms with Crippen molar-refractivity contribution in [2.75, 3.05) is 31.7 Å². The number of esters is 1. The van der Waals surface area contributed by atoms with Crippen LogP contribution in [-0.2, 0) is 25.7 Å². The number of alkyl halides is 3. The summed E-state index contributed by atoms with van der Waals surface area (Å²) in [4.78, 5) is 11.7. The lowest BCUT2D eigenvalue weighted by atomic mass is 10.2. The van der Waals surface area contributed by atoms with Gasteiger partial charge in [0.05, 0.1) is 37.0 Å². The number of hydrogen-bond donors (Lipinski definition) is 0. The van der Waals surface area contributed by atoms with E-state index < -0.39 is 34.3 Å². The number of carbonyl (C=O) groups excluding carboxylic acids is 1. The van der Waals surface area contributed by atoms with Crippen molar-refractivity contribution in [1.82, 2.24) is 0 Å². The van der Waals surface area contributed by atoms with Crippen LogP contribution in [0, 0.1) is 0 Å². The van der Waals surface area contributed by atoms with Crippen molar-refractivity contribution in [1.29, 1.82) is 0 Å². The summed E-state index contributed by atoms with van der Waals surface area (Å²) in [6, 6.07) is 7.35. The highest BCUT2D eigenvalue weighted by molar-refractivity contribution is 7.92. The molecule has 7 nitrogen and oxygen atoms in total. The minimum absolute atomic E-state index is 0.0222. The van der Waals surface area contributed by atoms with Crippen molar-refractivity contribution < 1.29 is 40.6 Å². The summed E-state index contributed by atoms with van der Waals surface area (Å²) in [7, 11) is -1.79. The molecule has 0 aromatic heterocycles. The van der Waals surface area contributed by atoms with E-state index in [2.05, 4.69) is 0 Å². The fourth-order valence-corrected chi connectivity index (χ4v) is 4.00. The summed E-state index contributed by atoms with van der Waals surface area (Å²) in [6.45, 7) is 0.687. The summed E-state index contributed by atoms with van der Waals surface area (Å²) < 4.78 is 81.4. The van der Waals surface area contributed by atoms with Gasteiger partial charge in [-0.1, -0.05) is 6.07 Å². The molecule has 164 valence electrons. The largest absolute Gasteiger partial charge is 0.493 e. The second-order valence-corrected chi connectivity index (χ2v) is 7.74. The highest BCUT2D eigenvalue weighted by Gasteiger charge is 2.33. The highest BCUT2D eigenvalue weighted by Crippen LogP contribution is 2.35. The maximum absolute atomic E-state index is 13.2. The first kappa shape index (κ1) is 23.3. The zero-order valence-corrected chi connectivity index (χ0v) is 17.2. The van der Waals surface area contributed by atoms with E-state index in [0.29, 0.717) is 10.4 Å². The Bertz CT molecular complexity index is 1010. The maximum atomic E-state index is 13.2. The van der Waals surface area contributed by atoms with Gasteiger partial charge in [-0.2, -0.15) is 13.2 Å². The zero-order valence-electron chi connectivity index (χ0n) is 16.4. The molecule has 0 fully saturated rings. The number of anilines is 1. The van der Waals surface area contributed by atoms with Crippen molar-refractivity contribution in [3.8, 4) is 11.5 Å². The van der Waals surface area contributed by atoms with Gasteiger partial charge in [-0.3, -0.25) is 9.10 Å². The second-order valence-electron chi connectivity index (χ2n) is 5.88. The maximum Gasteiger partial charge on any atom is 0.416 e. The van der Waals surface area contributed by atoms with Gasteiger partial charge in [0.1, 0.15) is 6.54 Å². The smallest absolute Gasteiger partial charge is 0.416 e. The number of carbonyl (C=O) groups is 1. The van der Waals surface area contributed by atoms with Crippen LogP contribution in [0.15, 0.2) is 47.4 Å². The molecule has 0 aliphatic rings. The van der Waals surface area contributed by atoms with Crippen molar-refractivity contribution in [3.05, 3.63) is 48.0 Å². The van der Waals surface area contributed by atoms with Gasteiger partial charge in [-0.25, -0.2) is 8.42 Å². The monoisotopic (exact) mass is 447 g/mol. The summed E-state index contributed by atoms with van der Waals surface area (Å²) in [5.41, 5.74) is -1.40. The number of hydrogen-bond acceptors (Lipinski definition) is 6. The van der Waals surface area contributed by atoms with E-state index in [1.165, 1.54) is 33.3 Å². The lowest BCUT2D eigenvalue weighted by Gasteiger charge is -2.24. The van der Waals surface area contributed by atoms with Crippen molar-refractivity contribution >= 4 is 21.7 Å². The molecular formula is C19H20F3NO6S. The van der Waals surface area contributed by atoms with Crippen LogP contribution in [0.3, 0.4) is 0 Å². The van der Waals surface area contributed by atoms with Gasteiger partial charge in [0.25, 0.3) is 10.0 Å². The Kier molecular flexibility index (Phi) is 7.19. The Morgan fingerprint density at radius 3 is 2.27 bits per heavy atom. The molecule has 0 aliphatic carbocycles. The van der Waals surface area contributed by atoms with Crippen LogP contribution in [0.4, 0.5) is 18.9 Å². The molecular weight excluding hydrogens is 427 g/mol. The number of ether oxygens (including phenoxy) is 3. The van der Waals surface area contributed by atoms with Crippen LogP contribution in [0.2, 0.25) is 0 Å². The van der Waals surface area contributed by atoms with Crippen LogP contribution in [-0.4, -0.2) is 41.8 Å². The Balaban J connectivity index is 2.61. The third kappa shape index (κ3) is 5.15. The molecule has 0 unspecified atom stereocenters. The molecule has 0 saturated carbocycles. The van der Waals surface area contributed by atoms with Gasteiger partial charge < -0.3 is 14.2 Å². The Labute approximate surface area is 172 Å². The molecule has 0 N–H and O–H groups in total. The molecule has 0 amide bonds. The fraction of sp³-hybridized carbons (Fsp3) is 0.316. The SMILES string of the molecule is CCOC(=O)CN(c1cccc(C(F)(F)F)c1)S(=O)(=O)c1ccc(OC)c(OC)c1. The Hall–Kier alpha value is -2.95. The van der Waals surface area contributed by atoms with E-state index >= 15 is 0 Å². The average Bonchev–Trinajstić information content (AvgIpc) is 2.71. The molecule has 0 atom stereocenters. The summed E-state index contributed by atoms with van der Waals surface area (Å²) in [5.74, 6) is -0.565. The standard InChI is InChI=1S/C19H20F3NO6S/c1-4-29-18(24)12-23(14-7-5-6-13(10-14)19(20,21)22)30(25,26)15-8-9-16(27-2)17(11-15)28-3/h5-11H,4,12H2,1-3H3. The third-order valence-corrected chi connectivity index (χ3v) is 5.75. The fourth-order valence-electron chi connectivity index (χ4n) is 2.58. The molecule has 0 heterocycles. The molecule has 0 saturated heterocycles. The van der Waals surface area contributed by atoms with Crippen molar-refractivity contribution in [2.24, 2.45) is 0 Å². The van der Waals surface area contributed by atoms with Gasteiger partial charge in [-0.15, -0.1) is 0 Å². The Morgan fingerprint density at radius 1 is 1.03 bits per heavy atom. The first-order chi connectivity index (χ1) is 14.0. The topological polar surface area (TPSA) is 82.1 Å². The van der Waals surface area contributed by atoms with Gasteiger partial charge >= 0.3 is 12.1 Å². The number of rotatable bonds is 8. The van der Waals surface area contributed by atoms with E-state index in [1.54, 1.807) is 0 Å². The van der Waals surface area contributed by atoms with Gasteiger partial charge in [0.15, 0.2) is 11.5 Å². The van der Waals surface area contributed by atoms with Crippen LogP contribution in [0.5, 0.6) is 11.5 Å². The minimum atomic E-state index is -4.70. The van der Waals surface area contributed by atoms with Crippen LogP contribution >= 0.6 is 0 Å². The van der Waals surface area contributed by atoms with Crippen LogP contribution < -0.4 is 13.8 Å². The summed E-state index contributed by atoms with van der Waals surface area (Å²) in [5, 5.41) is 0. The lowest BCUT2D eigenvalue weighted by molar-refractivity contribution is -0.141. The molecule has 0 radical (unpaired) electrons. The van der Waals surface area contributed by atoms with Crippen LogP contribution in [0.1, 0.15) is 12.5 Å². The van der Waals surface area contributed by atoms with E-state index in [4.69, 9.17) is 14.2 Å². The first-order valence-electron chi connectivity index (χ1n) is 8.62. The Morgan fingerprint density at radius 2 is 1.70 bits per heavy atom. The predicted octanol–water partition coefficient (Wildman–Crippen LogP) is 3.48. The normalized spacial score (nSPS) is 11.7. The summed E-state index contributed by atoms with van der Waals surface area (Å²) in [6.07, 6.45) is -4.70. The van der Waals surface area contributed by atoms with Crippen molar-refractivity contribution in [3.63, 3.8) is 0 Å². The number of benzene rings is 2. The minimum Gasteiger partial charge on any atom is -0.493 e. The second kappa shape index (κ2) is 9.24. The molecule has 0 bridgehead atoms. The van der Waals surface area contributed by atoms with Crippen molar-refractivity contribution in [2.45, 2.75) is 18.0 Å². The number of sulfonamides is 1. The molecule has 2 aromatic carbocycles. The highest BCUT2D eigenvalue weighted by atomic mass is 32.2. The molecule has 30 heavy (non-hydrogen) atoms. The van der Waals surface area contributed by atoms with Crippen LogP contribution in [0.25, 0.3) is 0 Å². The lowest BCUT2D eigenvalue weighted by Crippen LogP contribution is -2.36. The molecule has 0 aliphatic heterocycles. The molecule has 0 spiro atoms.